The van der Waals surface area contributed by atoms with Gasteiger partial charge in [-0.3, -0.25) is 4.79 Å². The maximum atomic E-state index is 13.4. The molecular formula is C25H34N2O. The Morgan fingerprint density at radius 2 is 1.64 bits per heavy atom. The molecule has 0 unspecified atom stereocenters. The summed E-state index contributed by atoms with van der Waals surface area (Å²) >= 11 is 0. The number of nitrogens with zero attached hydrogens (tertiary/aromatic N) is 1. The molecule has 3 nitrogen and oxygen atoms in total. The quantitative estimate of drug-likeness (QED) is 0.491. The van der Waals surface area contributed by atoms with Gasteiger partial charge < -0.3 is 10.2 Å². The fourth-order valence-electron chi connectivity index (χ4n) is 4.21. The lowest BCUT2D eigenvalue weighted by atomic mass is 9.91. The van der Waals surface area contributed by atoms with Gasteiger partial charge in [-0.05, 0) is 43.5 Å². The van der Waals surface area contributed by atoms with E-state index < -0.39 is 0 Å². The summed E-state index contributed by atoms with van der Waals surface area (Å²) in [6.07, 6.45) is 8.76. The maximum Gasteiger partial charge on any atom is 0.227 e. The van der Waals surface area contributed by atoms with Gasteiger partial charge in [-0.2, -0.15) is 0 Å². The van der Waals surface area contributed by atoms with Crippen LogP contribution in [-0.4, -0.2) is 11.9 Å². The third kappa shape index (κ3) is 5.15. The average Bonchev–Trinajstić information content (AvgIpc) is 2.71. The zero-order valence-electron chi connectivity index (χ0n) is 17.4. The predicted octanol–water partition coefficient (Wildman–Crippen LogP) is 6.72. The van der Waals surface area contributed by atoms with Crippen molar-refractivity contribution in [3.63, 3.8) is 0 Å². The van der Waals surface area contributed by atoms with Crippen LogP contribution in [0.3, 0.4) is 0 Å². The van der Waals surface area contributed by atoms with Gasteiger partial charge in [0.15, 0.2) is 0 Å². The Morgan fingerprint density at radius 1 is 0.964 bits per heavy atom. The number of carbonyl (C=O) groups is 1. The van der Waals surface area contributed by atoms with Crippen LogP contribution >= 0.6 is 0 Å². The first-order chi connectivity index (χ1) is 13.7. The second-order valence-electron chi connectivity index (χ2n) is 8.00. The lowest BCUT2D eigenvalue weighted by Crippen LogP contribution is -2.40. The number of hydrogen-bond acceptors (Lipinski definition) is 2. The maximum absolute atomic E-state index is 13.4. The third-order valence-electron chi connectivity index (χ3n) is 5.66. The molecule has 0 bridgehead atoms. The molecule has 1 heterocycles. The van der Waals surface area contributed by atoms with Gasteiger partial charge in [0.25, 0.3) is 0 Å². The number of rotatable bonds is 9. The van der Waals surface area contributed by atoms with E-state index in [0.29, 0.717) is 12.5 Å². The molecule has 3 heteroatoms. The normalized spacial score (nSPS) is 18.2. The summed E-state index contributed by atoms with van der Waals surface area (Å²) in [7, 11) is 0. The van der Waals surface area contributed by atoms with Crippen molar-refractivity contribution < 1.29 is 4.79 Å². The van der Waals surface area contributed by atoms with Crippen molar-refractivity contribution in [2.75, 3.05) is 10.2 Å². The molecule has 28 heavy (non-hydrogen) atoms. The summed E-state index contributed by atoms with van der Waals surface area (Å²) in [5.41, 5.74) is 3.38. The van der Waals surface area contributed by atoms with Gasteiger partial charge in [-0.25, -0.2) is 0 Å². The standard InChI is InChI=1S/C25H34N2O/c1-3-4-5-6-7-11-18-25(28)27(21-14-9-8-10-15-21)24-19-20(2)26-23-17-13-12-16-22(23)24/h8-10,12-17,20,24,26H,3-7,11,18-19H2,1-2H3/t20-,24+/m1/s1. The van der Waals surface area contributed by atoms with Crippen LogP contribution in [0.1, 0.15) is 76.8 Å². The Balaban J connectivity index is 1.78. The molecule has 2 aromatic carbocycles. The molecular weight excluding hydrogens is 344 g/mol. The van der Waals surface area contributed by atoms with E-state index >= 15 is 0 Å². The van der Waals surface area contributed by atoms with E-state index in [1.165, 1.54) is 31.2 Å². The smallest absolute Gasteiger partial charge is 0.227 e. The number of nitrogens with one attached hydrogen (secondary N) is 1. The van der Waals surface area contributed by atoms with Crippen LogP contribution in [0, 0.1) is 0 Å². The van der Waals surface area contributed by atoms with Crippen LogP contribution in [0.5, 0.6) is 0 Å². The summed E-state index contributed by atoms with van der Waals surface area (Å²) in [6.45, 7) is 4.43. The van der Waals surface area contributed by atoms with E-state index in [1.54, 1.807) is 0 Å². The van der Waals surface area contributed by atoms with E-state index in [2.05, 4.69) is 60.5 Å². The Kier molecular flexibility index (Phi) is 7.53. The number of fused-ring (bicyclic) bond motifs is 1. The minimum absolute atomic E-state index is 0.0856. The number of unbranched alkanes of at least 4 members (excludes halogenated alkanes) is 5. The van der Waals surface area contributed by atoms with Crippen molar-refractivity contribution in [2.24, 2.45) is 0 Å². The molecule has 0 saturated heterocycles. The van der Waals surface area contributed by atoms with E-state index in [1.807, 2.05) is 18.2 Å². The summed E-state index contributed by atoms with van der Waals surface area (Å²) in [4.78, 5) is 15.4. The number of carbonyl (C=O) groups excluding carboxylic acids is 1. The van der Waals surface area contributed by atoms with Crippen LogP contribution in [-0.2, 0) is 4.79 Å². The highest BCUT2D eigenvalue weighted by atomic mass is 16.2. The summed E-state index contributed by atoms with van der Waals surface area (Å²) in [5.74, 6) is 0.246. The molecule has 1 N–H and O–H groups in total. The molecule has 2 aromatic rings. The molecule has 0 aliphatic carbocycles. The molecule has 0 fully saturated rings. The van der Waals surface area contributed by atoms with Crippen molar-refractivity contribution in [1.29, 1.82) is 0 Å². The van der Waals surface area contributed by atoms with Crippen LogP contribution < -0.4 is 10.2 Å². The van der Waals surface area contributed by atoms with Crippen LogP contribution in [0.4, 0.5) is 11.4 Å². The fraction of sp³-hybridized carbons (Fsp3) is 0.480. The second kappa shape index (κ2) is 10.3. The minimum Gasteiger partial charge on any atom is -0.382 e. The molecule has 0 spiro atoms. The van der Waals surface area contributed by atoms with Crippen molar-refractivity contribution in [2.45, 2.75) is 77.3 Å². The van der Waals surface area contributed by atoms with Gasteiger partial charge in [-0.15, -0.1) is 0 Å². The second-order valence-corrected chi connectivity index (χ2v) is 8.00. The van der Waals surface area contributed by atoms with Gasteiger partial charge in [0.1, 0.15) is 0 Å². The Bertz CT molecular complexity index is 743. The lowest BCUT2D eigenvalue weighted by molar-refractivity contribution is -0.119. The van der Waals surface area contributed by atoms with Gasteiger partial charge >= 0.3 is 0 Å². The molecule has 0 saturated carbocycles. The molecule has 1 amide bonds. The molecule has 0 aromatic heterocycles. The van der Waals surface area contributed by atoms with E-state index in [0.717, 1.165) is 30.6 Å². The van der Waals surface area contributed by atoms with E-state index in [9.17, 15) is 4.79 Å². The first kappa shape index (κ1) is 20.4. The summed E-state index contributed by atoms with van der Waals surface area (Å²) in [5, 5.41) is 3.57. The largest absolute Gasteiger partial charge is 0.382 e. The summed E-state index contributed by atoms with van der Waals surface area (Å²) < 4.78 is 0. The fourth-order valence-corrected chi connectivity index (χ4v) is 4.21. The zero-order valence-corrected chi connectivity index (χ0v) is 17.4. The SMILES string of the molecule is CCCCCCCCC(=O)N(c1ccccc1)[C@H]1C[C@@H](C)Nc2ccccc21. The highest BCUT2D eigenvalue weighted by Gasteiger charge is 2.32. The summed E-state index contributed by atoms with van der Waals surface area (Å²) in [6, 6.07) is 19.0. The number of anilines is 2. The van der Waals surface area contributed by atoms with Crippen LogP contribution in [0.25, 0.3) is 0 Å². The van der Waals surface area contributed by atoms with Crippen molar-refractivity contribution in [3.8, 4) is 0 Å². The zero-order chi connectivity index (χ0) is 19.8. The number of amides is 1. The lowest BCUT2D eigenvalue weighted by Gasteiger charge is -2.39. The first-order valence-electron chi connectivity index (χ1n) is 10.9. The molecule has 3 rings (SSSR count). The average molecular weight is 379 g/mol. The minimum atomic E-state index is 0.0856. The van der Waals surface area contributed by atoms with Crippen molar-refractivity contribution >= 4 is 17.3 Å². The molecule has 2 atom stereocenters. The van der Waals surface area contributed by atoms with Gasteiger partial charge in [0, 0.05) is 23.8 Å². The highest BCUT2D eigenvalue weighted by molar-refractivity contribution is 5.94. The number of para-hydroxylation sites is 2. The topological polar surface area (TPSA) is 32.3 Å². The van der Waals surface area contributed by atoms with E-state index in [4.69, 9.17) is 0 Å². The number of benzene rings is 2. The molecule has 0 radical (unpaired) electrons. The van der Waals surface area contributed by atoms with E-state index in [-0.39, 0.29) is 11.9 Å². The Labute approximate surface area is 170 Å². The predicted molar refractivity (Wildman–Crippen MR) is 119 cm³/mol. The van der Waals surface area contributed by atoms with Crippen LogP contribution in [0.15, 0.2) is 54.6 Å². The molecule has 1 aliphatic heterocycles. The van der Waals surface area contributed by atoms with Crippen molar-refractivity contribution in [1.82, 2.24) is 0 Å². The number of hydrogen-bond donors (Lipinski definition) is 1. The van der Waals surface area contributed by atoms with Crippen molar-refractivity contribution in [3.05, 3.63) is 60.2 Å². The monoisotopic (exact) mass is 378 g/mol. The van der Waals surface area contributed by atoms with Gasteiger partial charge in [0.05, 0.1) is 6.04 Å². The van der Waals surface area contributed by atoms with Gasteiger partial charge in [0.2, 0.25) is 5.91 Å². The Hall–Kier alpha value is -2.29. The van der Waals surface area contributed by atoms with Crippen LogP contribution in [0.2, 0.25) is 0 Å². The highest BCUT2D eigenvalue weighted by Crippen LogP contribution is 2.39. The first-order valence-corrected chi connectivity index (χ1v) is 10.9. The van der Waals surface area contributed by atoms with Gasteiger partial charge in [-0.1, -0.05) is 75.4 Å². The molecule has 150 valence electrons. The molecule has 1 aliphatic rings. The Morgan fingerprint density at radius 3 is 2.43 bits per heavy atom. The third-order valence-corrected chi connectivity index (χ3v) is 5.66.